The normalized spacial score (nSPS) is 28.3. The van der Waals surface area contributed by atoms with Gasteiger partial charge in [-0.2, -0.15) is 0 Å². The van der Waals surface area contributed by atoms with Crippen LogP contribution in [0.15, 0.2) is 66.7 Å². The quantitative estimate of drug-likeness (QED) is 0.710. The Labute approximate surface area is 133 Å². The summed E-state index contributed by atoms with van der Waals surface area (Å²) in [5.41, 5.74) is 2.71. The van der Waals surface area contributed by atoms with E-state index in [4.69, 9.17) is 0 Å². The molecule has 1 aliphatic heterocycles. The molecule has 0 radical (unpaired) electrons. The Kier molecular flexibility index (Phi) is 3.82. The zero-order valence-electron chi connectivity index (χ0n) is 12.9. The van der Waals surface area contributed by atoms with Gasteiger partial charge in [0.15, 0.2) is 0 Å². The fourth-order valence-electron chi connectivity index (χ4n) is 3.96. The van der Waals surface area contributed by atoms with Crippen molar-refractivity contribution in [3.05, 3.63) is 77.9 Å². The monoisotopic (exact) mass is 289 g/mol. The van der Waals surface area contributed by atoms with Gasteiger partial charge in [0, 0.05) is 12.1 Å². The predicted molar refractivity (Wildman–Crippen MR) is 92.5 cm³/mol. The first-order valence-electron chi connectivity index (χ1n) is 8.49. The van der Waals surface area contributed by atoms with Crippen LogP contribution in [-0.2, 0) is 0 Å². The fraction of sp³-hybridized carbons (Fsp3) is 0.333. The highest BCUT2D eigenvalue weighted by Gasteiger charge is 2.51. The minimum absolute atomic E-state index is 0.425. The summed E-state index contributed by atoms with van der Waals surface area (Å²) in [6.45, 7) is 0. The lowest BCUT2D eigenvalue weighted by Gasteiger charge is -2.16. The molecule has 1 aliphatic carbocycles. The van der Waals surface area contributed by atoms with E-state index in [9.17, 15) is 0 Å². The van der Waals surface area contributed by atoms with Crippen molar-refractivity contribution in [3.63, 3.8) is 0 Å². The van der Waals surface area contributed by atoms with Crippen molar-refractivity contribution in [1.82, 2.24) is 4.90 Å². The average Bonchev–Trinajstić information content (AvgIpc) is 3.31. The first kappa shape index (κ1) is 13.8. The molecule has 1 heteroatoms. The van der Waals surface area contributed by atoms with Crippen molar-refractivity contribution in [2.24, 2.45) is 0 Å². The smallest absolute Gasteiger partial charge is 0.0541 e. The van der Waals surface area contributed by atoms with Gasteiger partial charge >= 0.3 is 0 Å². The van der Waals surface area contributed by atoms with E-state index in [1.165, 1.54) is 36.8 Å². The maximum absolute atomic E-state index is 2.72. The minimum atomic E-state index is 0.425. The van der Waals surface area contributed by atoms with Crippen molar-refractivity contribution in [2.75, 3.05) is 0 Å². The lowest BCUT2D eigenvalue weighted by atomic mass is 10.0. The van der Waals surface area contributed by atoms with Gasteiger partial charge in [-0.25, -0.2) is 0 Å². The van der Waals surface area contributed by atoms with Crippen LogP contribution in [0.4, 0.5) is 0 Å². The summed E-state index contributed by atoms with van der Waals surface area (Å²) in [5, 5.41) is 0. The number of fused-ring (bicyclic) bond motifs is 1. The van der Waals surface area contributed by atoms with Crippen molar-refractivity contribution in [3.8, 4) is 0 Å². The molecule has 2 fully saturated rings. The molecule has 2 aromatic carbocycles. The lowest BCUT2D eigenvalue weighted by molar-refractivity contribution is 0.418. The first-order valence-corrected chi connectivity index (χ1v) is 8.49. The van der Waals surface area contributed by atoms with E-state index in [2.05, 4.69) is 77.7 Å². The number of nitrogens with zero attached hydrogens (tertiary/aromatic N) is 1. The van der Waals surface area contributed by atoms with Crippen molar-refractivity contribution in [2.45, 2.75) is 43.8 Å². The Morgan fingerprint density at radius 3 is 2.05 bits per heavy atom. The molecule has 1 saturated heterocycles. The van der Waals surface area contributed by atoms with Crippen LogP contribution >= 0.6 is 0 Å². The third-order valence-corrected chi connectivity index (χ3v) is 5.10. The third-order valence-electron chi connectivity index (χ3n) is 5.10. The Hall–Kier alpha value is -1.86. The molecule has 1 heterocycles. The molecular formula is C21H23N. The highest BCUT2D eigenvalue weighted by molar-refractivity contribution is 5.50. The molecule has 0 aromatic heterocycles. The molecule has 0 bridgehead atoms. The molecule has 2 aromatic rings. The topological polar surface area (TPSA) is 3.01 Å². The Balaban J connectivity index is 1.60. The second-order valence-corrected chi connectivity index (χ2v) is 6.49. The van der Waals surface area contributed by atoms with Gasteiger partial charge in [0.2, 0.25) is 0 Å². The summed E-state index contributed by atoms with van der Waals surface area (Å²) in [6, 6.07) is 23.7. The average molecular weight is 289 g/mol. The van der Waals surface area contributed by atoms with Crippen LogP contribution in [0.2, 0.25) is 0 Å². The highest BCUT2D eigenvalue weighted by Crippen LogP contribution is 2.47. The molecule has 1 nitrogen and oxygen atoms in total. The van der Waals surface area contributed by atoms with Crippen LogP contribution in [0.3, 0.4) is 0 Å². The van der Waals surface area contributed by atoms with Crippen LogP contribution in [0.25, 0.3) is 6.08 Å². The molecule has 4 rings (SSSR count). The van der Waals surface area contributed by atoms with Gasteiger partial charge in [-0.05, 0) is 24.0 Å². The van der Waals surface area contributed by atoms with E-state index in [1.54, 1.807) is 0 Å². The zero-order chi connectivity index (χ0) is 14.8. The van der Waals surface area contributed by atoms with Crippen LogP contribution in [-0.4, -0.2) is 17.0 Å². The standard InChI is InChI=1S/C21H23N/c1-3-9-17(10-4-1)15-16-19(18-11-5-2-6-12-18)22-20-13-7-8-14-21(20)22/h1-6,9-12,15-16,19-21H,7-8,13-14H2/b16-15+. The molecule has 0 N–H and O–H groups in total. The maximum atomic E-state index is 2.72. The summed E-state index contributed by atoms with van der Waals surface area (Å²) in [7, 11) is 0. The van der Waals surface area contributed by atoms with Gasteiger partial charge < -0.3 is 0 Å². The molecule has 1 saturated carbocycles. The number of likely N-dealkylation sites (tertiary alicyclic amines) is 1. The SMILES string of the molecule is C(=C\C(c1ccccc1)N1C2CCCCC21)/c1ccccc1. The molecule has 0 amide bonds. The minimum Gasteiger partial charge on any atom is -0.284 e. The fourth-order valence-corrected chi connectivity index (χ4v) is 3.96. The van der Waals surface area contributed by atoms with E-state index in [0.717, 1.165) is 12.1 Å². The Morgan fingerprint density at radius 1 is 0.818 bits per heavy atom. The summed E-state index contributed by atoms with van der Waals surface area (Å²) >= 11 is 0. The lowest BCUT2D eigenvalue weighted by Crippen LogP contribution is -2.10. The number of hydrogen-bond acceptors (Lipinski definition) is 1. The Bertz CT molecular complexity index is 619. The van der Waals surface area contributed by atoms with E-state index >= 15 is 0 Å². The highest BCUT2D eigenvalue weighted by atomic mass is 15.4. The van der Waals surface area contributed by atoms with E-state index < -0.39 is 0 Å². The summed E-state index contributed by atoms with van der Waals surface area (Å²) in [6.07, 6.45) is 10.2. The predicted octanol–water partition coefficient (Wildman–Crippen LogP) is 5.07. The van der Waals surface area contributed by atoms with Crippen LogP contribution in [0, 0.1) is 0 Å². The molecule has 2 aliphatic rings. The van der Waals surface area contributed by atoms with Gasteiger partial charge in [0.1, 0.15) is 0 Å². The van der Waals surface area contributed by atoms with Gasteiger partial charge in [0.25, 0.3) is 0 Å². The largest absolute Gasteiger partial charge is 0.284 e. The summed E-state index contributed by atoms with van der Waals surface area (Å²) in [4.78, 5) is 2.72. The van der Waals surface area contributed by atoms with Gasteiger partial charge in [-0.15, -0.1) is 0 Å². The Morgan fingerprint density at radius 2 is 1.41 bits per heavy atom. The molecular weight excluding hydrogens is 266 g/mol. The van der Waals surface area contributed by atoms with Gasteiger partial charge in [-0.3, -0.25) is 4.90 Å². The molecule has 0 spiro atoms. The second-order valence-electron chi connectivity index (χ2n) is 6.49. The first-order chi connectivity index (χ1) is 10.9. The molecule has 3 atom stereocenters. The number of benzene rings is 2. The molecule has 22 heavy (non-hydrogen) atoms. The zero-order valence-corrected chi connectivity index (χ0v) is 12.9. The summed E-state index contributed by atoms with van der Waals surface area (Å²) < 4.78 is 0. The van der Waals surface area contributed by atoms with Crippen LogP contribution in [0.5, 0.6) is 0 Å². The van der Waals surface area contributed by atoms with E-state index in [1.807, 2.05) is 0 Å². The van der Waals surface area contributed by atoms with Crippen molar-refractivity contribution < 1.29 is 0 Å². The van der Waals surface area contributed by atoms with Crippen molar-refractivity contribution >= 4 is 6.08 Å². The van der Waals surface area contributed by atoms with Crippen molar-refractivity contribution in [1.29, 1.82) is 0 Å². The number of hydrogen-bond donors (Lipinski definition) is 0. The van der Waals surface area contributed by atoms with Gasteiger partial charge in [0.05, 0.1) is 6.04 Å². The second kappa shape index (κ2) is 6.10. The summed E-state index contributed by atoms with van der Waals surface area (Å²) in [5.74, 6) is 0. The van der Waals surface area contributed by atoms with E-state index in [-0.39, 0.29) is 0 Å². The van der Waals surface area contributed by atoms with Gasteiger partial charge in [-0.1, -0.05) is 85.7 Å². The molecule has 3 unspecified atom stereocenters. The molecule has 112 valence electrons. The third kappa shape index (κ3) is 2.74. The van der Waals surface area contributed by atoms with Crippen LogP contribution in [0.1, 0.15) is 42.9 Å². The maximum Gasteiger partial charge on any atom is 0.0541 e. The van der Waals surface area contributed by atoms with E-state index in [0.29, 0.717) is 6.04 Å². The number of rotatable bonds is 4. The van der Waals surface area contributed by atoms with Crippen LogP contribution < -0.4 is 0 Å².